The van der Waals surface area contributed by atoms with Crippen LogP contribution in [0.3, 0.4) is 0 Å². The third kappa shape index (κ3) is 3.33. The molecule has 1 fully saturated rings. The monoisotopic (exact) mass is 304 g/mol. The summed E-state index contributed by atoms with van der Waals surface area (Å²) in [5, 5.41) is 3.70. The fraction of sp³-hybridized carbons (Fsp3) is 0.571. The summed E-state index contributed by atoms with van der Waals surface area (Å²) in [4.78, 5) is 2.24. The Bertz CT molecular complexity index is 430. The third-order valence-corrected chi connectivity index (χ3v) is 4.14. The largest absolute Gasteiger partial charge is 0.366 e. The van der Waals surface area contributed by atoms with Gasteiger partial charge in [0.05, 0.1) is 10.0 Å². The molecule has 1 saturated heterocycles. The first-order valence-electron chi connectivity index (χ1n) is 6.67. The Labute approximate surface area is 123 Å². The highest BCUT2D eigenvalue weighted by atomic mass is 35.5. The number of halogens is 3. The van der Waals surface area contributed by atoms with Crippen molar-refractivity contribution in [2.24, 2.45) is 0 Å². The molecule has 0 bridgehead atoms. The van der Waals surface area contributed by atoms with Crippen molar-refractivity contribution >= 4 is 28.9 Å². The Kier molecular flexibility index (Phi) is 4.93. The van der Waals surface area contributed by atoms with Crippen molar-refractivity contribution < 1.29 is 4.39 Å². The number of benzene rings is 1. The van der Waals surface area contributed by atoms with Gasteiger partial charge in [-0.05, 0) is 25.5 Å². The van der Waals surface area contributed by atoms with Crippen LogP contribution in [0.4, 0.5) is 10.1 Å². The molecule has 2 rings (SSSR count). The zero-order valence-corrected chi connectivity index (χ0v) is 12.7. The second-order valence-corrected chi connectivity index (χ2v) is 5.93. The van der Waals surface area contributed by atoms with Gasteiger partial charge in [0.1, 0.15) is 0 Å². The van der Waals surface area contributed by atoms with Gasteiger partial charge in [-0.25, -0.2) is 4.39 Å². The first-order chi connectivity index (χ1) is 9.02. The summed E-state index contributed by atoms with van der Waals surface area (Å²) in [5.41, 5.74) is 0.895. The Morgan fingerprint density at radius 3 is 2.58 bits per heavy atom. The SMILES string of the molecule is CCCC1CN(c2cc(Cl)c(F)c(Cl)c2)C(C)CN1. The quantitative estimate of drug-likeness (QED) is 0.846. The van der Waals surface area contributed by atoms with E-state index >= 15 is 0 Å². The molecule has 0 spiro atoms. The van der Waals surface area contributed by atoms with E-state index in [4.69, 9.17) is 23.2 Å². The van der Waals surface area contributed by atoms with E-state index in [1.807, 2.05) is 0 Å². The summed E-state index contributed by atoms with van der Waals surface area (Å²) in [6.45, 7) is 6.13. The lowest BCUT2D eigenvalue weighted by Crippen LogP contribution is -2.55. The van der Waals surface area contributed by atoms with Crippen LogP contribution in [-0.4, -0.2) is 25.2 Å². The number of piperazine rings is 1. The van der Waals surface area contributed by atoms with Crippen molar-refractivity contribution in [2.45, 2.75) is 38.8 Å². The molecule has 2 atom stereocenters. The first kappa shape index (κ1) is 14.9. The molecule has 2 unspecified atom stereocenters. The zero-order chi connectivity index (χ0) is 14.0. The van der Waals surface area contributed by atoms with Gasteiger partial charge in [0, 0.05) is 30.9 Å². The number of nitrogens with zero attached hydrogens (tertiary/aromatic N) is 1. The molecular formula is C14H19Cl2FN2. The summed E-state index contributed by atoms with van der Waals surface area (Å²) in [5.74, 6) is -0.542. The molecule has 2 nitrogen and oxygen atoms in total. The topological polar surface area (TPSA) is 15.3 Å². The molecule has 106 valence electrons. The fourth-order valence-electron chi connectivity index (χ4n) is 2.54. The number of hydrogen-bond acceptors (Lipinski definition) is 2. The van der Waals surface area contributed by atoms with Gasteiger partial charge in [0.25, 0.3) is 0 Å². The van der Waals surface area contributed by atoms with Crippen LogP contribution < -0.4 is 10.2 Å². The molecule has 1 aliphatic heterocycles. The summed E-state index contributed by atoms with van der Waals surface area (Å²) in [7, 11) is 0. The molecule has 1 heterocycles. The van der Waals surface area contributed by atoms with Gasteiger partial charge in [-0.3, -0.25) is 0 Å². The van der Waals surface area contributed by atoms with Crippen LogP contribution in [0, 0.1) is 5.82 Å². The van der Waals surface area contributed by atoms with E-state index in [0.29, 0.717) is 12.1 Å². The van der Waals surface area contributed by atoms with Gasteiger partial charge in [-0.1, -0.05) is 36.5 Å². The van der Waals surface area contributed by atoms with E-state index in [2.05, 4.69) is 24.1 Å². The van der Waals surface area contributed by atoms with Gasteiger partial charge >= 0.3 is 0 Å². The second-order valence-electron chi connectivity index (χ2n) is 5.12. The Morgan fingerprint density at radius 1 is 1.37 bits per heavy atom. The van der Waals surface area contributed by atoms with Gasteiger partial charge < -0.3 is 10.2 Å². The van der Waals surface area contributed by atoms with E-state index in [1.165, 1.54) is 0 Å². The molecular weight excluding hydrogens is 286 g/mol. The minimum atomic E-state index is -0.542. The van der Waals surface area contributed by atoms with Crippen LogP contribution in [0.1, 0.15) is 26.7 Å². The molecule has 1 aliphatic rings. The number of nitrogens with one attached hydrogen (secondary N) is 1. The average molecular weight is 305 g/mol. The molecule has 1 aromatic carbocycles. The highest BCUT2D eigenvalue weighted by Crippen LogP contribution is 2.31. The molecule has 0 aromatic heterocycles. The molecule has 0 radical (unpaired) electrons. The van der Waals surface area contributed by atoms with Crippen molar-refractivity contribution in [3.05, 3.63) is 28.0 Å². The Morgan fingerprint density at radius 2 is 2.00 bits per heavy atom. The molecule has 0 saturated carbocycles. The minimum Gasteiger partial charge on any atom is -0.366 e. The second kappa shape index (κ2) is 6.29. The van der Waals surface area contributed by atoms with Crippen molar-refractivity contribution in [3.63, 3.8) is 0 Å². The van der Waals surface area contributed by atoms with Gasteiger partial charge in [-0.2, -0.15) is 0 Å². The maximum absolute atomic E-state index is 13.5. The van der Waals surface area contributed by atoms with Crippen LogP contribution in [0.25, 0.3) is 0 Å². The van der Waals surface area contributed by atoms with E-state index < -0.39 is 5.82 Å². The fourth-order valence-corrected chi connectivity index (χ4v) is 3.01. The predicted molar refractivity (Wildman–Crippen MR) is 79.9 cm³/mol. The van der Waals surface area contributed by atoms with Gasteiger partial charge in [0.2, 0.25) is 0 Å². The first-order valence-corrected chi connectivity index (χ1v) is 7.43. The Hall–Kier alpha value is -0.510. The van der Waals surface area contributed by atoms with E-state index in [0.717, 1.165) is 31.6 Å². The molecule has 0 amide bonds. The van der Waals surface area contributed by atoms with Crippen LogP contribution in [0.15, 0.2) is 12.1 Å². The molecule has 0 aliphatic carbocycles. The lowest BCUT2D eigenvalue weighted by Gasteiger charge is -2.40. The van der Waals surface area contributed by atoms with Crippen LogP contribution in [-0.2, 0) is 0 Å². The molecule has 19 heavy (non-hydrogen) atoms. The van der Waals surface area contributed by atoms with E-state index in [1.54, 1.807) is 12.1 Å². The summed E-state index contributed by atoms with van der Waals surface area (Å²) in [6.07, 6.45) is 2.27. The average Bonchev–Trinajstić information content (AvgIpc) is 2.38. The standard InChI is InChI=1S/C14H19Cl2FN2/c1-3-4-10-8-19(9(2)7-18-10)11-5-12(15)14(17)13(16)6-11/h5-6,9-10,18H,3-4,7-8H2,1-2H3. The predicted octanol–water partition coefficient (Wildman–Crippen LogP) is 4.10. The normalized spacial score (nSPS) is 23.7. The van der Waals surface area contributed by atoms with Gasteiger partial charge in [0.15, 0.2) is 5.82 Å². The minimum absolute atomic E-state index is 0.0836. The van der Waals surface area contributed by atoms with Crippen LogP contribution >= 0.6 is 23.2 Å². The highest BCUT2D eigenvalue weighted by molar-refractivity contribution is 6.35. The van der Waals surface area contributed by atoms with Gasteiger partial charge in [-0.15, -0.1) is 0 Å². The maximum Gasteiger partial charge on any atom is 0.160 e. The lowest BCUT2D eigenvalue weighted by atomic mass is 10.0. The van der Waals surface area contributed by atoms with Crippen molar-refractivity contribution in [1.29, 1.82) is 0 Å². The van der Waals surface area contributed by atoms with Crippen LogP contribution in [0.5, 0.6) is 0 Å². The van der Waals surface area contributed by atoms with Crippen molar-refractivity contribution in [2.75, 3.05) is 18.0 Å². The molecule has 1 aromatic rings. The number of hydrogen-bond donors (Lipinski definition) is 1. The van der Waals surface area contributed by atoms with Crippen molar-refractivity contribution in [3.8, 4) is 0 Å². The summed E-state index contributed by atoms with van der Waals surface area (Å²) >= 11 is 11.8. The van der Waals surface area contributed by atoms with Crippen LogP contribution in [0.2, 0.25) is 10.0 Å². The van der Waals surface area contributed by atoms with E-state index in [9.17, 15) is 4.39 Å². The summed E-state index contributed by atoms with van der Waals surface area (Å²) in [6, 6.07) is 4.12. The lowest BCUT2D eigenvalue weighted by molar-refractivity contribution is 0.386. The zero-order valence-electron chi connectivity index (χ0n) is 11.2. The number of anilines is 1. The molecule has 1 N–H and O–H groups in total. The van der Waals surface area contributed by atoms with Crippen molar-refractivity contribution in [1.82, 2.24) is 5.32 Å². The number of rotatable bonds is 3. The highest BCUT2D eigenvalue weighted by Gasteiger charge is 2.25. The smallest absolute Gasteiger partial charge is 0.160 e. The maximum atomic E-state index is 13.5. The molecule has 5 heteroatoms. The summed E-state index contributed by atoms with van der Waals surface area (Å²) < 4.78 is 13.5. The Balaban J connectivity index is 2.23. The van der Waals surface area contributed by atoms with E-state index in [-0.39, 0.29) is 10.0 Å². The third-order valence-electron chi connectivity index (χ3n) is 3.59.